The molecule has 0 saturated carbocycles. The maximum Gasteiger partial charge on any atom is 0.106 e. The lowest BCUT2D eigenvalue weighted by Crippen LogP contribution is -2.48. The average Bonchev–Trinajstić information content (AvgIpc) is 2.03. The molecule has 0 spiro atoms. The first kappa shape index (κ1) is 8.40. The number of rotatable bonds is 0. The van der Waals surface area contributed by atoms with Gasteiger partial charge in [-0.1, -0.05) is 6.42 Å². The molecule has 2 unspecified atom stereocenters. The van der Waals surface area contributed by atoms with Crippen molar-refractivity contribution in [2.45, 2.75) is 48.1 Å². The fraction of sp³-hybridized carbons (Fsp3) is 0.889. The van der Waals surface area contributed by atoms with E-state index in [9.17, 15) is 0 Å². The molecule has 0 radical (unpaired) electrons. The van der Waals surface area contributed by atoms with Gasteiger partial charge in [0.05, 0.1) is 6.07 Å². The molecule has 0 aromatic heterocycles. The molecule has 2 N–H and O–H groups in total. The van der Waals surface area contributed by atoms with Crippen LogP contribution in [0.15, 0.2) is 0 Å². The van der Waals surface area contributed by atoms with Crippen LogP contribution in [0.4, 0.5) is 0 Å². The number of nitrogens with zero attached hydrogens (tertiary/aromatic N) is 1. The van der Waals surface area contributed by atoms with Crippen LogP contribution in [-0.4, -0.2) is 16.0 Å². The standard InChI is InChI=1S/C9H14N2S/c10-6-9(11)4-7-2-1-3-8(5-9)12-7/h7-8H,1-5,11H2. The van der Waals surface area contributed by atoms with E-state index in [0.29, 0.717) is 10.5 Å². The van der Waals surface area contributed by atoms with Gasteiger partial charge in [-0.05, 0) is 25.7 Å². The highest BCUT2D eigenvalue weighted by Crippen LogP contribution is 2.44. The summed E-state index contributed by atoms with van der Waals surface area (Å²) in [6.45, 7) is 0. The van der Waals surface area contributed by atoms with E-state index in [1.54, 1.807) is 0 Å². The number of thioether (sulfide) groups is 1. The van der Waals surface area contributed by atoms with E-state index in [2.05, 4.69) is 17.8 Å². The summed E-state index contributed by atoms with van der Waals surface area (Å²) in [5.74, 6) is 0. The monoisotopic (exact) mass is 182 g/mol. The van der Waals surface area contributed by atoms with E-state index in [1.807, 2.05) is 0 Å². The highest BCUT2D eigenvalue weighted by atomic mass is 32.2. The zero-order chi connectivity index (χ0) is 8.60. The number of hydrogen-bond donors (Lipinski definition) is 1. The Labute approximate surface area is 77.5 Å². The first-order chi connectivity index (χ1) is 5.72. The van der Waals surface area contributed by atoms with Crippen molar-refractivity contribution in [2.75, 3.05) is 0 Å². The smallest absolute Gasteiger partial charge is 0.106 e. The Kier molecular flexibility index (Phi) is 2.05. The minimum Gasteiger partial charge on any atom is -0.313 e. The lowest BCUT2D eigenvalue weighted by atomic mass is 9.85. The van der Waals surface area contributed by atoms with E-state index < -0.39 is 5.54 Å². The largest absolute Gasteiger partial charge is 0.313 e. The number of hydrogen-bond acceptors (Lipinski definition) is 3. The van der Waals surface area contributed by atoms with Crippen LogP contribution in [0.25, 0.3) is 0 Å². The van der Waals surface area contributed by atoms with Gasteiger partial charge in [0.1, 0.15) is 5.54 Å². The Morgan fingerprint density at radius 2 is 1.92 bits per heavy atom. The van der Waals surface area contributed by atoms with Crippen LogP contribution < -0.4 is 5.73 Å². The lowest BCUT2D eigenvalue weighted by molar-refractivity contribution is 0.377. The minimum atomic E-state index is -0.499. The van der Waals surface area contributed by atoms with Gasteiger partial charge in [-0.15, -0.1) is 0 Å². The van der Waals surface area contributed by atoms with E-state index in [1.165, 1.54) is 19.3 Å². The zero-order valence-corrected chi connectivity index (χ0v) is 7.94. The van der Waals surface area contributed by atoms with Crippen molar-refractivity contribution in [2.24, 2.45) is 5.73 Å². The summed E-state index contributed by atoms with van der Waals surface area (Å²) in [5.41, 5.74) is 5.48. The molecule has 12 heavy (non-hydrogen) atoms. The molecule has 66 valence electrons. The Morgan fingerprint density at radius 1 is 1.33 bits per heavy atom. The molecule has 2 atom stereocenters. The second kappa shape index (κ2) is 2.93. The van der Waals surface area contributed by atoms with Crippen LogP contribution in [0, 0.1) is 11.3 Å². The van der Waals surface area contributed by atoms with Crippen molar-refractivity contribution in [1.29, 1.82) is 5.26 Å². The van der Waals surface area contributed by atoms with Gasteiger partial charge in [0.2, 0.25) is 0 Å². The molecule has 2 aliphatic rings. The molecule has 3 heteroatoms. The highest BCUT2D eigenvalue weighted by molar-refractivity contribution is 8.00. The Balaban J connectivity index is 2.11. The van der Waals surface area contributed by atoms with Gasteiger partial charge in [0.15, 0.2) is 0 Å². The predicted molar refractivity (Wildman–Crippen MR) is 50.8 cm³/mol. The van der Waals surface area contributed by atoms with Crippen LogP contribution >= 0.6 is 11.8 Å². The summed E-state index contributed by atoms with van der Waals surface area (Å²) in [6.07, 6.45) is 5.68. The molecule has 0 aliphatic carbocycles. The van der Waals surface area contributed by atoms with E-state index in [0.717, 1.165) is 12.8 Å². The Morgan fingerprint density at radius 3 is 2.42 bits per heavy atom. The van der Waals surface area contributed by atoms with Gasteiger partial charge >= 0.3 is 0 Å². The van der Waals surface area contributed by atoms with E-state index >= 15 is 0 Å². The van der Waals surface area contributed by atoms with Gasteiger partial charge in [-0.2, -0.15) is 17.0 Å². The second-order valence-corrected chi connectivity index (χ2v) is 5.59. The fourth-order valence-corrected chi connectivity index (χ4v) is 4.21. The van der Waals surface area contributed by atoms with E-state index in [4.69, 9.17) is 11.0 Å². The first-order valence-electron chi connectivity index (χ1n) is 4.57. The van der Waals surface area contributed by atoms with Gasteiger partial charge in [0.25, 0.3) is 0 Å². The van der Waals surface area contributed by atoms with Gasteiger partial charge < -0.3 is 5.73 Å². The average molecular weight is 182 g/mol. The molecule has 2 heterocycles. The number of nitriles is 1. The van der Waals surface area contributed by atoms with Crippen molar-refractivity contribution < 1.29 is 0 Å². The summed E-state index contributed by atoms with van der Waals surface area (Å²) in [5, 5.41) is 10.3. The Bertz CT molecular complexity index is 209. The molecule has 2 nitrogen and oxygen atoms in total. The van der Waals surface area contributed by atoms with Crippen molar-refractivity contribution in [3.8, 4) is 6.07 Å². The Hall–Kier alpha value is -0.200. The maximum absolute atomic E-state index is 8.92. The first-order valence-corrected chi connectivity index (χ1v) is 5.52. The molecular formula is C9H14N2S. The van der Waals surface area contributed by atoms with Gasteiger partial charge in [0, 0.05) is 10.5 Å². The van der Waals surface area contributed by atoms with Crippen LogP contribution in [-0.2, 0) is 0 Å². The zero-order valence-electron chi connectivity index (χ0n) is 7.12. The van der Waals surface area contributed by atoms with Crippen molar-refractivity contribution in [3.05, 3.63) is 0 Å². The van der Waals surface area contributed by atoms with Crippen LogP contribution in [0.5, 0.6) is 0 Å². The summed E-state index contributed by atoms with van der Waals surface area (Å²) in [6, 6.07) is 2.27. The quantitative estimate of drug-likeness (QED) is 0.620. The van der Waals surface area contributed by atoms with Crippen LogP contribution in [0.1, 0.15) is 32.1 Å². The minimum absolute atomic E-state index is 0.499. The molecule has 2 rings (SSSR count). The second-order valence-electron chi connectivity index (χ2n) is 3.99. The molecule has 0 aromatic rings. The molecule has 0 amide bonds. The third-order valence-corrected chi connectivity index (χ3v) is 4.42. The molecular weight excluding hydrogens is 168 g/mol. The molecule has 2 saturated heterocycles. The lowest BCUT2D eigenvalue weighted by Gasteiger charge is -2.41. The summed E-state index contributed by atoms with van der Waals surface area (Å²) in [4.78, 5) is 0. The van der Waals surface area contributed by atoms with Gasteiger partial charge in [-0.3, -0.25) is 0 Å². The molecule has 2 bridgehead atoms. The van der Waals surface area contributed by atoms with Crippen molar-refractivity contribution in [3.63, 3.8) is 0 Å². The summed E-state index contributed by atoms with van der Waals surface area (Å²) in [7, 11) is 0. The van der Waals surface area contributed by atoms with Crippen LogP contribution in [0.2, 0.25) is 0 Å². The fourth-order valence-electron chi connectivity index (χ4n) is 2.27. The predicted octanol–water partition coefficient (Wildman–Crippen LogP) is 1.66. The molecule has 2 fully saturated rings. The van der Waals surface area contributed by atoms with Crippen molar-refractivity contribution >= 4 is 11.8 Å². The third-order valence-electron chi connectivity index (χ3n) is 2.84. The normalized spacial score (nSPS) is 46.7. The van der Waals surface area contributed by atoms with Crippen molar-refractivity contribution in [1.82, 2.24) is 0 Å². The summed E-state index contributed by atoms with van der Waals surface area (Å²) >= 11 is 2.06. The summed E-state index contributed by atoms with van der Waals surface area (Å²) < 4.78 is 0. The maximum atomic E-state index is 8.92. The topological polar surface area (TPSA) is 49.8 Å². The van der Waals surface area contributed by atoms with E-state index in [-0.39, 0.29) is 0 Å². The van der Waals surface area contributed by atoms with Crippen LogP contribution in [0.3, 0.4) is 0 Å². The number of nitrogens with two attached hydrogens (primary N) is 1. The molecule has 0 aromatic carbocycles. The highest BCUT2D eigenvalue weighted by Gasteiger charge is 2.40. The number of fused-ring (bicyclic) bond motifs is 2. The molecule has 2 aliphatic heterocycles. The third kappa shape index (κ3) is 1.46. The van der Waals surface area contributed by atoms with Gasteiger partial charge in [-0.25, -0.2) is 0 Å². The SMILES string of the molecule is N#CC1(N)CC2CCCC(C1)S2.